The summed E-state index contributed by atoms with van der Waals surface area (Å²) in [5.41, 5.74) is -0.119. The largest absolute Gasteiger partial charge is 0.417 e. The van der Waals surface area contributed by atoms with Crippen LogP contribution in [0.25, 0.3) is 22.5 Å². The predicted molar refractivity (Wildman–Crippen MR) is 117 cm³/mol. The smallest absolute Gasteiger partial charge is 0.332 e. The Morgan fingerprint density at radius 1 is 1.00 bits per heavy atom. The molecule has 1 fully saturated rings. The molecule has 2 heterocycles. The molecule has 2 atom stereocenters. The second-order valence-corrected chi connectivity index (χ2v) is 10.5. The van der Waals surface area contributed by atoms with Crippen molar-refractivity contribution in [3.05, 3.63) is 71.5 Å². The van der Waals surface area contributed by atoms with Crippen LogP contribution in [0, 0.1) is 5.41 Å². The Morgan fingerprint density at radius 3 is 2.32 bits per heavy atom. The number of nitrogens with two attached hydrogens (primary N) is 1. The summed E-state index contributed by atoms with van der Waals surface area (Å²) in [6.07, 6.45) is -4.58. The number of aromatic nitrogens is 3. The highest BCUT2D eigenvalue weighted by Gasteiger charge is 2.61. The maximum atomic E-state index is 13.7. The van der Waals surface area contributed by atoms with Crippen LogP contribution in [0.15, 0.2) is 64.0 Å². The fourth-order valence-corrected chi connectivity index (χ4v) is 5.11. The molecule has 0 unspecified atom stereocenters. The van der Waals surface area contributed by atoms with E-state index in [1.54, 1.807) is 18.2 Å². The highest BCUT2D eigenvalue weighted by molar-refractivity contribution is 7.89. The van der Waals surface area contributed by atoms with Gasteiger partial charge in [-0.1, -0.05) is 49.3 Å². The molecule has 1 aliphatic rings. The Balaban J connectivity index is 1.49. The SMILES string of the molecule is CC1(C)[C@@H](c2ccc(S(N)(=O)=O)cc2)[C@@H]1c1noc(-c2cc(C(F)(F)F)c3ccccc3n2)n1. The summed E-state index contributed by atoms with van der Waals surface area (Å²) in [5.74, 6) is 0.0389. The molecule has 2 N–H and O–H groups in total. The fourth-order valence-electron chi connectivity index (χ4n) is 4.59. The van der Waals surface area contributed by atoms with Crippen molar-refractivity contribution in [2.45, 2.75) is 36.8 Å². The van der Waals surface area contributed by atoms with Crippen LogP contribution in [0.1, 0.15) is 42.6 Å². The molecule has 0 bridgehead atoms. The Kier molecular flexibility index (Phi) is 4.86. The Morgan fingerprint density at radius 2 is 1.68 bits per heavy atom. The lowest BCUT2D eigenvalue weighted by atomic mass is 10.0. The number of nitrogens with zero attached hydrogens (tertiary/aromatic N) is 3. The van der Waals surface area contributed by atoms with Crippen LogP contribution >= 0.6 is 0 Å². The predicted octanol–water partition coefficient (Wildman–Crippen LogP) is 4.86. The van der Waals surface area contributed by atoms with Gasteiger partial charge in [0.15, 0.2) is 5.82 Å². The average Bonchev–Trinajstić information content (AvgIpc) is 3.08. The lowest BCUT2D eigenvalue weighted by molar-refractivity contribution is -0.136. The zero-order valence-electron chi connectivity index (χ0n) is 18.0. The monoisotopic (exact) mass is 488 g/mol. The molecule has 0 spiro atoms. The van der Waals surface area contributed by atoms with Crippen molar-refractivity contribution in [3.63, 3.8) is 0 Å². The van der Waals surface area contributed by atoms with E-state index in [0.29, 0.717) is 5.82 Å². The first-order valence-electron chi connectivity index (χ1n) is 10.3. The topological polar surface area (TPSA) is 112 Å². The number of para-hydroxylation sites is 1. The molecule has 11 heteroatoms. The van der Waals surface area contributed by atoms with E-state index in [1.807, 2.05) is 13.8 Å². The van der Waals surface area contributed by atoms with E-state index in [0.717, 1.165) is 11.6 Å². The molecule has 2 aromatic carbocycles. The first-order valence-corrected chi connectivity index (χ1v) is 11.9. The molecule has 0 saturated heterocycles. The number of hydrogen-bond acceptors (Lipinski definition) is 6. The van der Waals surface area contributed by atoms with Gasteiger partial charge in [-0.2, -0.15) is 18.2 Å². The maximum absolute atomic E-state index is 13.7. The molecule has 0 radical (unpaired) electrons. The van der Waals surface area contributed by atoms with Crippen molar-refractivity contribution in [3.8, 4) is 11.6 Å². The van der Waals surface area contributed by atoms with Gasteiger partial charge >= 0.3 is 6.18 Å². The third-order valence-corrected chi connectivity index (χ3v) is 7.28. The van der Waals surface area contributed by atoms with E-state index in [2.05, 4.69) is 15.1 Å². The van der Waals surface area contributed by atoms with E-state index < -0.39 is 21.8 Å². The first kappa shape index (κ1) is 22.5. The second-order valence-electron chi connectivity index (χ2n) is 8.92. The third-order valence-electron chi connectivity index (χ3n) is 6.36. The molecule has 7 nitrogen and oxygen atoms in total. The summed E-state index contributed by atoms with van der Waals surface area (Å²) in [5, 5.41) is 9.19. The molecule has 2 aromatic heterocycles. The Bertz CT molecular complexity index is 1510. The van der Waals surface area contributed by atoms with Crippen LogP contribution in [0.4, 0.5) is 13.2 Å². The summed E-state index contributed by atoms with van der Waals surface area (Å²) < 4.78 is 69.3. The van der Waals surface area contributed by atoms with Gasteiger partial charge in [0.05, 0.1) is 16.0 Å². The number of primary sulfonamides is 1. The van der Waals surface area contributed by atoms with Crippen LogP contribution in [0.5, 0.6) is 0 Å². The van der Waals surface area contributed by atoms with Gasteiger partial charge < -0.3 is 4.52 Å². The average molecular weight is 488 g/mol. The molecule has 1 saturated carbocycles. The maximum Gasteiger partial charge on any atom is 0.417 e. The molecular weight excluding hydrogens is 469 g/mol. The second kappa shape index (κ2) is 7.34. The van der Waals surface area contributed by atoms with Gasteiger partial charge in [-0.15, -0.1) is 0 Å². The number of sulfonamides is 1. The molecule has 176 valence electrons. The van der Waals surface area contributed by atoms with Crippen molar-refractivity contribution >= 4 is 20.9 Å². The molecule has 0 aliphatic heterocycles. The zero-order chi connectivity index (χ0) is 24.5. The van der Waals surface area contributed by atoms with Crippen LogP contribution in [-0.4, -0.2) is 23.5 Å². The number of fused-ring (bicyclic) bond motifs is 1. The van der Waals surface area contributed by atoms with E-state index in [4.69, 9.17) is 9.66 Å². The first-order chi connectivity index (χ1) is 15.9. The zero-order valence-corrected chi connectivity index (χ0v) is 18.9. The van der Waals surface area contributed by atoms with Crippen molar-refractivity contribution in [2.75, 3.05) is 0 Å². The number of hydrogen-bond donors (Lipinski definition) is 1. The quantitative estimate of drug-likeness (QED) is 0.439. The minimum Gasteiger partial charge on any atom is -0.332 e. The molecule has 1 aliphatic carbocycles. The molecule has 0 amide bonds. The van der Waals surface area contributed by atoms with Crippen LogP contribution in [0.3, 0.4) is 0 Å². The van der Waals surface area contributed by atoms with E-state index >= 15 is 0 Å². The Hall–Kier alpha value is -3.31. The van der Waals surface area contributed by atoms with Gasteiger partial charge in [0, 0.05) is 17.2 Å². The van der Waals surface area contributed by atoms with Gasteiger partial charge in [0.2, 0.25) is 10.0 Å². The number of halogens is 3. The fraction of sp³-hybridized carbons (Fsp3) is 0.261. The normalized spacial score (nSPS) is 19.9. The van der Waals surface area contributed by atoms with Crippen LogP contribution in [-0.2, 0) is 16.2 Å². The van der Waals surface area contributed by atoms with E-state index in [1.165, 1.54) is 30.3 Å². The van der Waals surface area contributed by atoms with E-state index in [-0.39, 0.29) is 44.6 Å². The minimum absolute atomic E-state index is 0.00943. The number of pyridine rings is 1. The van der Waals surface area contributed by atoms with Crippen molar-refractivity contribution in [1.29, 1.82) is 0 Å². The summed E-state index contributed by atoms with van der Waals surface area (Å²) in [4.78, 5) is 8.68. The van der Waals surface area contributed by atoms with Gasteiger partial charge in [-0.25, -0.2) is 18.5 Å². The summed E-state index contributed by atoms with van der Waals surface area (Å²) in [7, 11) is -3.80. The van der Waals surface area contributed by atoms with Gasteiger partial charge in [-0.05, 0) is 35.2 Å². The van der Waals surface area contributed by atoms with Crippen molar-refractivity contribution in [1.82, 2.24) is 15.1 Å². The lowest BCUT2D eigenvalue weighted by Crippen LogP contribution is -2.11. The van der Waals surface area contributed by atoms with E-state index in [9.17, 15) is 21.6 Å². The van der Waals surface area contributed by atoms with Gasteiger partial charge in [0.1, 0.15) is 5.69 Å². The summed E-state index contributed by atoms with van der Waals surface area (Å²) >= 11 is 0. The third kappa shape index (κ3) is 3.74. The summed E-state index contributed by atoms with van der Waals surface area (Å²) in [6.45, 7) is 4.00. The molecule has 4 aromatic rings. The van der Waals surface area contributed by atoms with Crippen LogP contribution in [0.2, 0.25) is 0 Å². The Labute approximate surface area is 192 Å². The summed E-state index contributed by atoms with van der Waals surface area (Å²) in [6, 6.07) is 13.2. The number of rotatable bonds is 4. The van der Waals surface area contributed by atoms with Crippen LogP contribution < -0.4 is 5.14 Å². The lowest BCUT2D eigenvalue weighted by Gasteiger charge is -2.11. The number of benzene rings is 2. The molecular formula is C23H19F3N4O3S. The van der Waals surface area contributed by atoms with Gasteiger partial charge in [-0.3, -0.25) is 0 Å². The van der Waals surface area contributed by atoms with Crippen molar-refractivity contribution < 1.29 is 26.1 Å². The highest BCUT2D eigenvalue weighted by atomic mass is 32.2. The molecule has 34 heavy (non-hydrogen) atoms. The minimum atomic E-state index is -4.58. The number of alkyl halides is 3. The molecule has 5 rings (SSSR count). The standard InChI is InChI=1S/C23H19F3N4O3S/c1-22(2)18(12-7-9-13(10-8-12)34(27,31)32)19(22)20-29-21(33-30-20)17-11-15(23(24,25)26)14-5-3-4-6-16(14)28-17/h3-11,18-19H,1-2H3,(H2,27,31,32)/t18-,19+/m0/s1. The highest BCUT2D eigenvalue weighted by Crippen LogP contribution is 2.69. The van der Waals surface area contributed by atoms with Gasteiger partial charge in [0.25, 0.3) is 5.89 Å². The van der Waals surface area contributed by atoms with Crippen molar-refractivity contribution in [2.24, 2.45) is 10.6 Å².